The Hall–Kier alpha value is -3.45. The van der Waals surface area contributed by atoms with E-state index in [-0.39, 0.29) is 36.0 Å². The van der Waals surface area contributed by atoms with Gasteiger partial charge in [-0.2, -0.15) is 0 Å². The van der Waals surface area contributed by atoms with Gasteiger partial charge in [-0.15, -0.1) is 0 Å². The second kappa shape index (κ2) is 6.78. The molecule has 1 aliphatic carbocycles. The molecule has 158 valence electrons. The number of benzene rings is 2. The van der Waals surface area contributed by atoms with E-state index in [1.54, 1.807) is 31.2 Å². The zero-order valence-corrected chi connectivity index (χ0v) is 17.0. The lowest BCUT2D eigenvalue weighted by atomic mass is 9.78. The molecule has 5 rings (SSSR count). The van der Waals surface area contributed by atoms with Crippen LogP contribution in [-0.4, -0.2) is 51.5 Å². The molecule has 1 saturated heterocycles. The first-order valence-corrected chi connectivity index (χ1v) is 10.2. The lowest BCUT2D eigenvalue weighted by Gasteiger charge is -2.46. The van der Waals surface area contributed by atoms with Crippen molar-refractivity contribution in [1.82, 2.24) is 4.90 Å². The van der Waals surface area contributed by atoms with Crippen LogP contribution in [0.25, 0.3) is 11.1 Å². The van der Waals surface area contributed by atoms with Gasteiger partial charge >= 0.3 is 5.97 Å². The first-order chi connectivity index (χ1) is 14.8. The van der Waals surface area contributed by atoms with Crippen molar-refractivity contribution in [2.45, 2.75) is 26.0 Å². The fourth-order valence-electron chi connectivity index (χ4n) is 5.15. The molecule has 0 aromatic heterocycles. The number of nitrogens with zero attached hydrogens (tertiary/aromatic N) is 1. The van der Waals surface area contributed by atoms with Crippen LogP contribution in [0.15, 0.2) is 53.7 Å². The molecule has 2 heterocycles. The first-order valence-electron chi connectivity index (χ1n) is 10.2. The number of hydrogen-bond donors (Lipinski definition) is 2. The Kier molecular flexibility index (Phi) is 4.27. The zero-order chi connectivity index (χ0) is 22.0. The van der Waals surface area contributed by atoms with Crippen LogP contribution < -0.4 is 4.74 Å². The minimum absolute atomic E-state index is 0.0254. The molecular formula is C24H21NO6. The number of amides is 1. The Morgan fingerprint density at radius 1 is 1.10 bits per heavy atom. The smallest absolute Gasteiger partial charge is 0.352 e. The van der Waals surface area contributed by atoms with Crippen molar-refractivity contribution >= 4 is 17.7 Å². The van der Waals surface area contributed by atoms with E-state index in [4.69, 9.17) is 4.74 Å². The molecule has 0 saturated carbocycles. The molecule has 4 atom stereocenters. The van der Waals surface area contributed by atoms with Crippen molar-refractivity contribution < 1.29 is 29.3 Å². The second-order valence-corrected chi connectivity index (χ2v) is 8.27. The summed E-state index contributed by atoms with van der Waals surface area (Å²) < 4.78 is 6.07. The Morgan fingerprint density at radius 3 is 2.45 bits per heavy atom. The molecule has 0 radical (unpaired) electrons. The first kappa shape index (κ1) is 19.5. The summed E-state index contributed by atoms with van der Waals surface area (Å²) in [5.74, 6) is -2.02. The summed E-state index contributed by atoms with van der Waals surface area (Å²) in [6.45, 7) is 3.37. The molecule has 2 aromatic rings. The van der Waals surface area contributed by atoms with E-state index in [1.807, 2.05) is 25.1 Å². The van der Waals surface area contributed by atoms with Gasteiger partial charge < -0.3 is 19.8 Å². The molecule has 0 spiro atoms. The Labute approximate surface area is 178 Å². The van der Waals surface area contributed by atoms with Gasteiger partial charge in [-0.25, -0.2) is 4.79 Å². The van der Waals surface area contributed by atoms with Crippen LogP contribution in [0.1, 0.15) is 29.8 Å². The average molecular weight is 419 g/mol. The molecule has 3 aliphatic rings. The minimum Gasteiger partial charge on any atom is -0.488 e. The normalized spacial score (nSPS) is 24.5. The Morgan fingerprint density at radius 2 is 1.77 bits per heavy atom. The van der Waals surface area contributed by atoms with Gasteiger partial charge in [-0.3, -0.25) is 9.59 Å². The van der Waals surface area contributed by atoms with Crippen molar-refractivity contribution in [3.05, 3.63) is 64.9 Å². The lowest BCUT2D eigenvalue weighted by molar-refractivity contribution is -0.163. The highest BCUT2D eigenvalue weighted by Crippen LogP contribution is 2.48. The van der Waals surface area contributed by atoms with E-state index in [9.17, 15) is 24.6 Å². The molecule has 0 bridgehead atoms. The average Bonchev–Trinajstić information content (AvgIpc) is 3.16. The van der Waals surface area contributed by atoms with Gasteiger partial charge in [0.05, 0.1) is 18.1 Å². The van der Waals surface area contributed by atoms with Gasteiger partial charge in [-0.1, -0.05) is 43.3 Å². The summed E-state index contributed by atoms with van der Waals surface area (Å²) in [5, 5.41) is 19.7. The Bertz CT molecular complexity index is 1180. The maximum atomic E-state index is 12.7. The zero-order valence-electron chi connectivity index (χ0n) is 17.0. The maximum absolute atomic E-state index is 12.7. The standard InChI is InChI=1S/C24H21NO6/c1-11-16(21(24(29)30)25-20(11)18(12(2)26)23(25)28)10-31-17-9-5-8-15-19(17)13-6-3-4-7-14(13)22(15)27/h3-9,11-12,18,20,26H,10H2,1-2H3,(H,29,30)/t11-,12+,18+,20+/m0/s1. The number of β-lactam (4-membered cyclic amide) rings is 1. The third kappa shape index (κ3) is 2.59. The fourth-order valence-corrected chi connectivity index (χ4v) is 5.15. The summed E-state index contributed by atoms with van der Waals surface area (Å²) in [4.78, 5) is 38.4. The summed E-state index contributed by atoms with van der Waals surface area (Å²) in [6.07, 6.45) is -0.855. The van der Waals surface area contributed by atoms with Crippen molar-refractivity contribution in [1.29, 1.82) is 0 Å². The van der Waals surface area contributed by atoms with Gasteiger partial charge in [0.25, 0.3) is 0 Å². The topological polar surface area (TPSA) is 104 Å². The molecule has 1 amide bonds. The number of carbonyl (C=O) groups is 3. The largest absolute Gasteiger partial charge is 0.488 e. The molecular weight excluding hydrogens is 398 g/mol. The summed E-state index contributed by atoms with van der Waals surface area (Å²) in [6, 6.07) is 12.2. The number of fused-ring (bicyclic) bond motifs is 4. The number of aliphatic hydroxyl groups excluding tert-OH is 1. The maximum Gasteiger partial charge on any atom is 0.352 e. The quantitative estimate of drug-likeness (QED) is 0.616. The second-order valence-electron chi connectivity index (χ2n) is 8.27. The molecule has 0 unspecified atom stereocenters. The predicted octanol–water partition coefficient (Wildman–Crippen LogP) is 2.47. The van der Waals surface area contributed by atoms with E-state index in [2.05, 4.69) is 0 Å². The number of rotatable bonds is 5. The molecule has 2 aliphatic heterocycles. The number of ether oxygens (including phenoxy) is 1. The lowest BCUT2D eigenvalue weighted by Crippen LogP contribution is -2.63. The third-order valence-electron chi connectivity index (χ3n) is 6.61. The van der Waals surface area contributed by atoms with Crippen LogP contribution >= 0.6 is 0 Å². The predicted molar refractivity (Wildman–Crippen MR) is 110 cm³/mol. The molecule has 7 nitrogen and oxygen atoms in total. The molecule has 31 heavy (non-hydrogen) atoms. The van der Waals surface area contributed by atoms with Crippen LogP contribution in [0.3, 0.4) is 0 Å². The minimum atomic E-state index is -1.19. The van der Waals surface area contributed by atoms with Crippen molar-refractivity contribution in [3.63, 3.8) is 0 Å². The van der Waals surface area contributed by atoms with Crippen molar-refractivity contribution in [2.75, 3.05) is 6.61 Å². The summed E-state index contributed by atoms with van der Waals surface area (Å²) in [5.41, 5.74) is 3.10. The number of carboxylic acid groups (broad SMARTS) is 1. The number of aliphatic carboxylic acids is 1. The molecule has 2 aromatic carbocycles. The fraction of sp³-hybridized carbons (Fsp3) is 0.292. The van der Waals surface area contributed by atoms with Crippen molar-refractivity contribution in [3.8, 4) is 16.9 Å². The van der Waals surface area contributed by atoms with E-state index in [1.165, 1.54) is 4.90 Å². The van der Waals surface area contributed by atoms with Gasteiger partial charge in [0, 0.05) is 28.2 Å². The van der Waals surface area contributed by atoms with Crippen LogP contribution in [0, 0.1) is 11.8 Å². The van der Waals surface area contributed by atoms with E-state index in [0.29, 0.717) is 28.0 Å². The summed E-state index contributed by atoms with van der Waals surface area (Å²) in [7, 11) is 0. The third-order valence-corrected chi connectivity index (χ3v) is 6.61. The van der Waals surface area contributed by atoms with E-state index >= 15 is 0 Å². The van der Waals surface area contributed by atoms with Gasteiger partial charge in [-0.05, 0) is 18.6 Å². The van der Waals surface area contributed by atoms with E-state index < -0.39 is 18.0 Å². The van der Waals surface area contributed by atoms with Crippen LogP contribution in [-0.2, 0) is 9.59 Å². The Balaban J connectivity index is 1.49. The number of ketones is 1. The van der Waals surface area contributed by atoms with Gasteiger partial charge in [0.2, 0.25) is 5.91 Å². The highest BCUT2D eigenvalue weighted by atomic mass is 16.5. The van der Waals surface area contributed by atoms with Crippen molar-refractivity contribution in [2.24, 2.45) is 11.8 Å². The molecule has 1 fully saturated rings. The SMILES string of the molecule is C[C@@H](O)[C@H]1C(=O)N2C(C(=O)O)=C(COc3cccc4c3-c3ccccc3C4=O)[C@H](C)[C@H]12. The highest BCUT2D eigenvalue weighted by molar-refractivity contribution is 6.22. The van der Waals surface area contributed by atoms with Crippen LogP contribution in [0.2, 0.25) is 0 Å². The number of hydrogen-bond acceptors (Lipinski definition) is 5. The molecule has 7 heteroatoms. The highest BCUT2D eigenvalue weighted by Gasteiger charge is 2.59. The number of carboxylic acids is 1. The van der Waals surface area contributed by atoms with Crippen LogP contribution in [0.4, 0.5) is 0 Å². The summed E-state index contributed by atoms with van der Waals surface area (Å²) >= 11 is 0. The number of carbonyl (C=O) groups excluding carboxylic acids is 2. The van der Waals surface area contributed by atoms with Gasteiger partial charge in [0.1, 0.15) is 18.1 Å². The number of aliphatic hydroxyl groups is 1. The molecule has 2 N–H and O–H groups in total. The van der Waals surface area contributed by atoms with Gasteiger partial charge in [0.15, 0.2) is 5.78 Å². The van der Waals surface area contributed by atoms with E-state index in [0.717, 1.165) is 5.56 Å². The monoisotopic (exact) mass is 419 g/mol. The van der Waals surface area contributed by atoms with Crippen LogP contribution in [0.5, 0.6) is 5.75 Å².